The van der Waals surface area contributed by atoms with Gasteiger partial charge in [-0.1, -0.05) is 12.1 Å². The highest BCUT2D eigenvalue weighted by atomic mass is 79.9. The van der Waals surface area contributed by atoms with Gasteiger partial charge in [0.25, 0.3) is 0 Å². The molecule has 1 aromatic heterocycles. The van der Waals surface area contributed by atoms with E-state index in [-0.39, 0.29) is 24.2 Å². The molecule has 0 unspecified atom stereocenters. The van der Waals surface area contributed by atoms with Gasteiger partial charge in [-0.3, -0.25) is 9.59 Å². The summed E-state index contributed by atoms with van der Waals surface area (Å²) in [5.41, 5.74) is 1.42. The van der Waals surface area contributed by atoms with Crippen LogP contribution in [0, 0.1) is 5.92 Å². The number of carbonyl (C=O) groups excluding carboxylic acids is 2. The van der Waals surface area contributed by atoms with Gasteiger partial charge in [0.2, 0.25) is 11.8 Å². The monoisotopic (exact) mass is 402 g/mol. The fraction of sp³-hybridized carbons (Fsp3) is 0.278. The topological polar surface area (TPSA) is 65.5 Å². The number of anilines is 3. The molecule has 0 bridgehead atoms. The lowest BCUT2D eigenvalue weighted by Crippen LogP contribution is -2.28. The number of pyridine rings is 1. The fourth-order valence-corrected chi connectivity index (χ4v) is 3.25. The highest BCUT2D eigenvalue weighted by Crippen LogP contribution is 2.31. The first-order valence-electron chi connectivity index (χ1n) is 7.95. The van der Waals surface area contributed by atoms with Crippen LogP contribution in [0.5, 0.6) is 0 Å². The Labute approximate surface area is 155 Å². The van der Waals surface area contributed by atoms with Crippen LogP contribution in [0.2, 0.25) is 0 Å². The average molecular weight is 403 g/mol. The maximum atomic E-state index is 12.5. The zero-order valence-corrected chi connectivity index (χ0v) is 15.7. The number of hydrogen-bond donors (Lipinski definition) is 1. The number of rotatable bonds is 4. The van der Waals surface area contributed by atoms with Crippen LogP contribution in [-0.4, -0.2) is 37.4 Å². The summed E-state index contributed by atoms with van der Waals surface area (Å²) in [4.78, 5) is 32.6. The largest absolute Gasteiger partial charge is 0.363 e. The number of hydrogen-bond acceptors (Lipinski definition) is 4. The lowest BCUT2D eigenvalue weighted by molar-refractivity contribution is -0.122. The van der Waals surface area contributed by atoms with Crippen molar-refractivity contribution in [3.05, 3.63) is 47.1 Å². The number of para-hydroxylation sites is 1. The lowest BCUT2D eigenvalue weighted by atomic mass is 10.1. The van der Waals surface area contributed by atoms with Gasteiger partial charge < -0.3 is 15.1 Å². The summed E-state index contributed by atoms with van der Waals surface area (Å²) in [6.07, 6.45) is 1.83. The second-order valence-corrected chi connectivity index (χ2v) is 7.00. The maximum Gasteiger partial charge on any atom is 0.229 e. The average Bonchev–Trinajstić information content (AvgIpc) is 2.97. The first-order valence-corrected chi connectivity index (χ1v) is 8.74. The third-order valence-electron chi connectivity index (χ3n) is 4.11. The van der Waals surface area contributed by atoms with Gasteiger partial charge in [-0.15, -0.1) is 0 Å². The van der Waals surface area contributed by atoms with E-state index >= 15 is 0 Å². The zero-order valence-electron chi connectivity index (χ0n) is 14.1. The number of nitrogens with zero attached hydrogens (tertiary/aromatic N) is 3. The van der Waals surface area contributed by atoms with E-state index in [9.17, 15) is 9.59 Å². The highest BCUT2D eigenvalue weighted by Gasteiger charge is 2.35. The van der Waals surface area contributed by atoms with Gasteiger partial charge in [0, 0.05) is 31.5 Å². The van der Waals surface area contributed by atoms with Crippen LogP contribution in [0.3, 0.4) is 0 Å². The molecule has 1 N–H and O–H groups in total. The van der Waals surface area contributed by atoms with E-state index in [0.29, 0.717) is 12.2 Å². The molecular formula is C18H19BrN4O2. The number of amides is 2. The van der Waals surface area contributed by atoms with Gasteiger partial charge in [0.1, 0.15) is 5.82 Å². The minimum Gasteiger partial charge on any atom is -0.363 e. The predicted octanol–water partition coefficient (Wildman–Crippen LogP) is 2.90. The number of benzene rings is 1. The van der Waals surface area contributed by atoms with Crippen molar-refractivity contribution in [1.82, 2.24) is 4.98 Å². The second-order valence-electron chi connectivity index (χ2n) is 6.15. The van der Waals surface area contributed by atoms with Crippen molar-refractivity contribution in [2.24, 2.45) is 5.92 Å². The molecule has 130 valence electrons. The molecule has 1 aromatic carbocycles. The van der Waals surface area contributed by atoms with E-state index in [1.807, 2.05) is 55.4 Å². The quantitative estimate of drug-likeness (QED) is 0.853. The minimum atomic E-state index is -0.381. The summed E-state index contributed by atoms with van der Waals surface area (Å²) in [7, 11) is 3.81. The van der Waals surface area contributed by atoms with E-state index in [2.05, 4.69) is 26.2 Å². The van der Waals surface area contributed by atoms with E-state index in [1.54, 1.807) is 11.1 Å². The first-order chi connectivity index (χ1) is 12.0. The summed E-state index contributed by atoms with van der Waals surface area (Å²) in [6.45, 7) is 0.372. The van der Waals surface area contributed by atoms with Crippen LogP contribution < -0.4 is 15.1 Å². The van der Waals surface area contributed by atoms with Gasteiger partial charge in [-0.25, -0.2) is 4.98 Å². The van der Waals surface area contributed by atoms with Crippen LogP contribution >= 0.6 is 15.9 Å². The van der Waals surface area contributed by atoms with Gasteiger partial charge in [0.05, 0.1) is 23.5 Å². The van der Waals surface area contributed by atoms with E-state index in [1.165, 1.54) is 0 Å². The number of aromatic nitrogens is 1. The molecule has 2 heterocycles. The van der Waals surface area contributed by atoms with Crippen molar-refractivity contribution >= 4 is 44.9 Å². The molecule has 1 atom stereocenters. The van der Waals surface area contributed by atoms with Crippen molar-refractivity contribution < 1.29 is 9.59 Å². The summed E-state index contributed by atoms with van der Waals surface area (Å²) in [5, 5.41) is 2.85. The summed E-state index contributed by atoms with van der Waals surface area (Å²) in [5.74, 6) is 0.220. The fourth-order valence-electron chi connectivity index (χ4n) is 2.76. The lowest BCUT2D eigenvalue weighted by Gasteiger charge is -2.18. The smallest absolute Gasteiger partial charge is 0.229 e. The molecule has 3 rings (SSSR count). The normalized spacial score (nSPS) is 16.8. The maximum absolute atomic E-state index is 12.5. The first kappa shape index (κ1) is 17.4. The molecule has 1 aliphatic rings. The van der Waals surface area contributed by atoms with Gasteiger partial charge in [0.15, 0.2) is 0 Å². The van der Waals surface area contributed by atoms with E-state index in [0.717, 1.165) is 16.0 Å². The van der Waals surface area contributed by atoms with Gasteiger partial charge in [-0.05, 0) is 40.2 Å². The van der Waals surface area contributed by atoms with E-state index < -0.39 is 0 Å². The van der Waals surface area contributed by atoms with Gasteiger partial charge in [-0.2, -0.15) is 0 Å². The Kier molecular flexibility index (Phi) is 5.03. The molecule has 0 spiro atoms. The Morgan fingerprint density at radius 3 is 2.68 bits per heavy atom. The predicted molar refractivity (Wildman–Crippen MR) is 102 cm³/mol. The standard InChI is InChI=1S/C18H19BrN4O2/c1-22(2)16-8-7-13(10-20-16)21-18(25)12-9-17(24)23(11-12)15-6-4-3-5-14(15)19/h3-8,10,12H,9,11H2,1-2H3,(H,21,25)/t12-/m1/s1. The van der Waals surface area contributed by atoms with Crippen LogP contribution in [0.25, 0.3) is 0 Å². The molecule has 1 fully saturated rings. The van der Waals surface area contributed by atoms with Crippen molar-refractivity contribution in [2.45, 2.75) is 6.42 Å². The molecule has 2 aromatic rings. The minimum absolute atomic E-state index is 0.0480. The van der Waals surface area contributed by atoms with Crippen LogP contribution in [0.1, 0.15) is 6.42 Å². The van der Waals surface area contributed by atoms with Crippen LogP contribution in [-0.2, 0) is 9.59 Å². The second kappa shape index (κ2) is 7.23. The summed E-state index contributed by atoms with van der Waals surface area (Å²) < 4.78 is 0.841. The summed E-state index contributed by atoms with van der Waals surface area (Å²) in [6, 6.07) is 11.2. The molecule has 0 aliphatic carbocycles. The molecule has 1 saturated heterocycles. The number of halogens is 1. The molecule has 0 saturated carbocycles. The Balaban J connectivity index is 1.67. The molecule has 7 heteroatoms. The van der Waals surface area contributed by atoms with Crippen molar-refractivity contribution in [1.29, 1.82) is 0 Å². The van der Waals surface area contributed by atoms with Gasteiger partial charge >= 0.3 is 0 Å². The van der Waals surface area contributed by atoms with Crippen molar-refractivity contribution in [2.75, 3.05) is 35.8 Å². The number of nitrogens with one attached hydrogen (secondary N) is 1. The third kappa shape index (κ3) is 3.82. The summed E-state index contributed by atoms with van der Waals surface area (Å²) >= 11 is 3.46. The Bertz CT molecular complexity index is 792. The zero-order chi connectivity index (χ0) is 18.0. The molecular weight excluding hydrogens is 384 g/mol. The highest BCUT2D eigenvalue weighted by molar-refractivity contribution is 9.10. The van der Waals surface area contributed by atoms with Crippen molar-refractivity contribution in [3.63, 3.8) is 0 Å². The molecule has 6 nitrogen and oxygen atoms in total. The van der Waals surface area contributed by atoms with E-state index in [4.69, 9.17) is 0 Å². The number of carbonyl (C=O) groups is 2. The van der Waals surface area contributed by atoms with Crippen molar-refractivity contribution in [3.8, 4) is 0 Å². The van der Waals surface area contributed by atoms with Crippen LogP contribution in [0.4, 0.5) is 17.2 Å². The van der Waals surface area contributed by atoms with Crippen LogP contribution in [0.15, 0.2) is 47.1 Å². The molecule has 1 aliphatic heterocycles. The SMILES string of the molecule is CN(C)c1ccc(NC(=O)[C@@H]2CC(=O)N(c3ccccc3Br)C2)cn1. The third-order valence-corrected chi connectivity index (χ3v) is 4.78. The molecule has 2 amide bonds. The Morgan fingerprint density at radius 2 is 2.04 bits per heavy atom. The molecule has 25 heavy (non-hydrogen) atoms. The Hall–Kier alpha value is -2.41. The molecule has 0 radical (unpaired) electrons. The Morgan fingerprint density at radius 1 is 1.28 bits per heavy atom.